The van der Waals surface area contributed by atoms with Gasteiger partial charge in [0.05, 0.1) is 12.6 Å². The first-order valence-corrected chi connectivity index (χ1v) is 8.64. The molecule has 0 spiro atoms. The summed E-state index contributed by atoms with van der Waals surface area (Å²) >= 11 is 0. The molecule has 134 valence electrons. The number of fused-ring (bicyclic) bond motifs is 1. The number of unbranched alkanes of at least 4 members (excludes halogenated alkanes) is 1. The summed E-state index contributed by atoms with van der Waals surface area (Å²) in [6.07, 6.45) is 2.57. The van der Waals surface area contributed by atoms with Gasteiger partial charge in [-0.15, -0.1) is 0 Å². The molecule has 0 bridgehead atoms. The van der Waals surface area contributed by atoms with E-state index in [1.807, 2.05) is 12.1 Å². The third-order valence-corrected chi connectivity index (χ3v) is 4.78. The summed E-state index contributed by atoms with van der Waals surface area (Å²) in [6.45, 7) is 3.14. The van der Waals surface area contributed by atoms with Crippen molar-refractivity contribution >= 4 is 22.7 Å². The Morgan fingerprint density at radius 3 is 2.92 bits per heavy atom. The number of aromatic amines is 1. The van der Waals surface area contributed by atoms with Crippen molar-refractivity contribution in [2.24, 2.45) is 0 Å². The molecule has 0 radical (unpaired) electrons. The zero-order chi connectivity index (χ0) is 18.0. The molecule has 0 aliphatic carbocycles. The van der Waals surface area contributed by atoms with Crippen LogP contribution in [0, 0.1) is 0 Å². The minimum atomic E-state index is -0.413. The van der Waals surface area contributed by atoms with E-state index in [1.165, 1.54) is 0 Å². The van der Waals surface area contributed by atoms with E-state index in [-0.39, 0.29) is 11.8 Å². The Hall–Kier alpha value is -2.57. The van der Waals surface area contributed by atoms with Crippen LogP contribution < -0.4 is 4.74 Å². The third kappa shape index (κ3) is 3.18. The van der Waals surface area contributed by atoms with Crippen LogP contribution >= 0.6 is 0 Å². The minimum Gasteiger partial charge on any atom is -0.497 e. The molecule has 1 aromatic heterocycles. The first-order valence-electron chi connectivity index (χ1n) is 8.64. The van der Waals surface area contributed by atoms with Crippen molar-refractivity contribution < 1.29 is 14.3 Å². The van der Waals surface area contributed by atoms with Gasteiger partial charge in [0.1, 0.15) is 11.8 Å². The molecule has 2 heterocycles. The lowest BCUT2D eigenvalue weighted by atomic mass is 10.0. The molecule has 0 unspecified atom stereocenters. The molecule has 2 amide bonds. The highest BCUT2D eigenvalue weighted by Crippen LogP contribution is 2.25. The Morgan fingerprint density at radius 1 is 1.40 bits per heavy atom. The molecule has 1 aliphatic heterocycles. The number of likely N-dealkylation sites (N-methyl/N-ethyl adjacent to an activating group) is 1. The standard InChI is InChI=1S/C18H24N4O3/c1-4-5-6-15-17(23)21(2)9-10-22(15)18(24)16-13-11-12(25-3)7-8-14(13)19-20-16/h7-8,11,15H,4-6,9-10H2,1-3H3,(H,19,20)/t15-/m1/s1. The number of piperazine rings is 1. The van der Waals surface area contributed by atoms with Gasteiger partial charge in [0, 0.05) is 25.5 Å². The highest BCUT2D eigenvalue weighted by atomic mass is 16.5. The molecule has 1 aromatic carbocycles. The van der Waals surface area contributed by atoms with Crippen LogP contribution in [0.1, 0.15) is 36.7 Å². The van der Waals surface area contributed by atoms with Crippen molar-refractivity contribution in [1.82, 2.24) is 20.0 Å². The molecule has 7 heteroatoms. The van der Waals surface area contributed by atoms with Crippen LogP contribution in [0.2, 0.25) is 0 Å². The molecule has 7 nitrogen and oxygen atoms in total. The fourth-order valence-electron chi connectivity index (χ4n) is 3.25. The number of rotatable bonds is 5. The first-order chi connectivity index (χ1) is 12.1. The van der Waals surface area contributed by atoms with Gasteiger partial charge < -0.3 is 14.5 Å². The summed E-state index contributed by atoms with van der Waals surface area (Å²) in [4.78, 5) is 29.1. The predicted molar refractivity (Wildman–Crippen MR) is 94.6 cm³/mol. The van der Waals surface area contributed by atoms with E-state index < -0.39 is 6.04 Å². The monoisotopic (exact) mass is 344 g/mol. The van der Waals surface area contributed by atoms with E-state index in [2.05, 4.69) is 17.1 Å². The molecule has 1 aliphatic rings. The summed E-state index contributed by atoms with van der Waals surface area (Å²) in [5.74, 6) is 0.465. The van der Waals surface area contributed by atoms with Crippen molar-refractivity contribution in [3.63, 3.8) is 0 Å². The SMILES string of the molecule is CCCC[C@@H]1C(=O)N(C)CCN1C(=O)c1n[nH]c2ccc(OC)cc12. The van der Waals surface area contributed by atoms with E-state index >= 15 is 0 Å². The maximum atomic E-state index is 13.1. The molecule has 1 saturated heterocycles. The number of carbonyl (C=O) groups is 2. The van der Waals surface area contributed by atoms with Crippen molar-refractivity contribution in [1.29, 1.82) is 0 Å². The summed E-state index contributed by atoms with van der Waals surface area (Å²) in [6, 6.07) is 5.04. The minimum absolute atomic E-state index is 0.00507. The Kier molecular flexibility index (Phi) is 4.92. The van der Waals surface area contributed by atoms with Gasteiger partial charge in [-0.05, 0) is 24.6 Å². The van der Waals surface area contributed by atoms with Crippen LogP contribution in [0.25, 0.3) is 10.9 Å². The number of benzene rings is 1. The second-order valence-corrected chi connectivity index (χ2v) is 6.40. The maximum absolute atomic E-state index is 13.1. The molecular formula is C18H24N4O3. The van der Waals surface area contributed by atoms with Crippen LogP contribution in [-0.2, 0) is 4.79 Å². The van der Waals surface area contributed by atoms with Gasteiger partial charge in [0.2, 0.25) is 5.91 Å². The van der Waals surface area contributed by atoms with Gasteiger partial charge in [-0.3, -0.25) is 14.7 Å². The third-order valence-electron chi connectivity index (χ3n) is 4.78. The number of ether oxygens (including phenoxy) is 1. The molecule has 0 saturated carbocycles. The second kappa shape index (κ2) is 7.13. The molecule has 1 fully saturated rings. The highest BCUT2D eigenvalue weighted by Gasteiger charge is 2.37. The lowest BCUT2D eigenvalue weighted by molar-refractivity contribution is -0.138. The van der Waals surface area contributed by atoms with Crippen LogP contribution in [0.4, 0.5) is 0 Å². The van der Waals surface area contributed by atoms with E-state index in [0.29, 0.717) is 36.3 Å². The van der Waals surface area contributed by atoms with Crippen LogP contribution in [0.5, 0.6) is 5.75 Å². The molecule has 1 N–H and O–H groups in total. The quantitative estimate of drug-likeness (QED) is 0.900. The number of H-pyrrole nitrogens is 1. The summed E-state index contributed by atoms with van der Waals surface area (Å²) < 4.78 is 5.25. The number of nitrogens with zero attached hydrogens (tertiary/aromatic N) is 3. The van der Waals surface area contributed by atoms with Crippen LogP contribution in [0.3, 0.4) is 0 Å². The van der Waals surface area contributed by atoms with Crippen LogP contribution in [0.15, 0.2) is 18.2 Å². The van der Waals surface area contributed by atoms with Gasteiger partial charge in [-0.2, -0.15) is 5.10 Å². The average molecular weight is 344 g/mol. The number of methoxy groups -OCH3 is 1. The van der Waals surface area contributed by atoms with Crippen molar-refractivity contribution in [2.45, 2.75) is 32.2 Å². The number of amides is 2. The van der Waals surface area contributed by atoms with E-state index in [9.17, 15) is 9.59 Å². The average Bonchev–Trinajstić information content (AvgIpc) is 3.05. The van der Waals surface area contributed by atoms with Gasteiger partial charge >= 0.3 is 0 Å². The Bertz CT molecular complexity index is 786. The van der Waals surface area contributed by atoms with E-state index in [1.54, 1.807) is 30.0 Å². The Labute approximate surface area is 146 Å². The van der Waals surface area contributed by atoms with E-state index in [4.69, 9.17) is 4.74 Å². The highest BCUT2D eigenvalue weighted by molar-refractivity contribution is 6.06. The number of carbonyl (C=O) groups excluding carboxylic acids is 2. The summed E-state index contributed by atoms with van der Waals surface area (Å²) in [7, 11) is 3.38. The zero-order valence-electron chi connectivity index (χ0n) is 14.9. The number of nitrogens with one attached hydrogen (secondary N) is 1. The summed E-state index contributed by atoms with van der Waals surface area (Å²) in [5.41, 5.74) is 1.11. The van der Waals surface area contributed by atoms with E-state index in [0.717, 1.165) is 18.4 Å². The molecular weight excluding hydrogens is 320 g/mol. The topological polar surface area (TPSA) is 78.5 Å². The van der Waals surface area contributed by atoms with Gasteiger partial charge in [0.25, 0.3) is 5.91 Å². The van der Waals surface area contributed by atoms with Gasteiger partial charge in [0.15, 0.2) is 5.69 Å². The lowest BCUT2D eigenvalue weighted by Gasteiger charge is -2.39. The summed E-state index contributed by atoms with van der Waals surface area (Å²) in [5, 5.41) is 7.81. The zero-order valence-corrected chi connectivity index (χ0v) is 14.9. The van der Waals surface area contributed by atoms with Crippen molar-refractivity contribution in [3.8, 4) is 5.75 Å². The normalized spacial score (nSPS) is 18.0. The predicted octanol–water partition coefficient (Wildman–Crippen LogP) is 2.04. The molecule has 1 atom stereocenters. The molecule has 25 heavy (non-hydrogen) atoms. The number of hydrogen-bond acceptors (Lipinski definition) is 4. The fourth-order valence-corrected chi connectivity index (χ4v) is 3.25. The fraction of sp³-hybridized carbons (Fsp3) is 0.500. The smallest absolute Gasteiger partial charge is 0.275 e. The maximum Gasteiger partial charge on any atom is 0.275 e. The molecule has 3 rings (SSSR count). The number of aromatic nitrogens is 2. The Morgan fingerprint density at radius 2 is 2.20 bits per heavy atom. The van der Waals surface area contributed by atoms with Crippen molar-refractivity contribution in [2.75, 3.05) is 27.2 Å². The lowest BCUT2D eigenvalue weighted by Crippen LogP contribution is -2.57. The van der Waals surface area contributed by atoms with Gasteiger partial charge in [-0.1, -0.05) is 19.8 Å². The molecule has 2 aromatic rings. The number of hydrogen-bond donors (Lipinski definition) is 1. The largest absolute Gasteiger partial charge is 0.497 e. The Balaban J connectivity index is 1.94. The van der Waals surface area contributed by atoms with Crippen LogP contribution in [-0.4, -0.2) is 65.1 Å². The first kappa shape index (κ1) is 17.3. The van der Waals surface area contributed by atoms with Crippen molar-refractivity contribution in [3.05, 3.63) is 23.9 Å². The van der Waals surface area contributed by atoms with Gasteiger partial charge in [-0.25, -0.2) is 0 Å². The second-order valence-electron chi connectivity index (χ2n) is 6.40.